The molecule has 1 aromatic carbocycles. The van der Waals surface area contributed by atoms with Gasteiger partial charge in [-0.05, 0) is 37.5 Å². The molecule has 21 heavy (non-hydrogen) atoms. The first-order chi connectivity index (χ1) is 9.90. The molecule has 1 aliphatic rings. The highest BCUT2D eigenvalue weighted by Crippen LogP contribution is 2.31. The lowest BCUT2D eigenvalue weighted by Gasteiger charge is -2.34. The van der Waals surface area contributed by atoms with Crippen LogP contribution in [0.3, 0.4) is 0 Å². The Kier molecular flexibility index (Phi) is 4.91. The van der Waals surface area contributed by atoms with E-state index in [9.17, 15) is 8.42 Å². The van der Waals surface area contributed by atoms with Gasteiger partial charge in [0.1, 0.15) is 10.6 Å². The third-order valence-electron chi connectivity index (χ3n) is 4.04. The molecule has 0 spiro atoms. The van der Waals surface area contributed by atoms with Crippen LogP contribution in [0.5, 0.6) is 5.75 Å². The molecule has 0 saturated heterocycles. The number of ether oxygens (including phenoxy) is 1. The quantitative estimate of drug-likeness (QED) is 0.873. The van der Waals surface area contributed by atoms with E-state index in [-0.39, 0.29) is 17.3 Å². The summed E-state index contributed by atoms with van der Waals surface area (Å²) in [4.78, 5) is 0.119. The number of rotatable bonds is 5. The van der Waals surface area contributed by atoms with E-state index in [2.05, 4.69) is 4.72 Å². The van der Waals surface area contributed by atoms with Crippen LogP contribution in [0.1, 0.15) is 44.6 Å². The SMILES string of the molecule is COc1cc(CO)ccc1S(=O)(=O)NC1(C)CCCCC1. The van der Waals surface area contributed by atoms with Gasteiger partial charge < -0.3 is 9.84 Å². The Morgan fingerprint density at radius 1 is 1.29 bits per heavy atom. The van der Waals surface area contributed by atoms with Crippen LogP contribution < -0.4 is 9.46 Å². The van der Waals surface area contributed by atoms with Crippen molar-refractivity contribution in [2.24, 2.45) is 0 Å². The molecule has 0 radical (unpaired) electrons. The maximum absolute atomic E-state index is 12.6. The number of benzene rings is 1. The fourth-order valence-corrected chi connectivity index (χ4v) is 4.46. The van der Waals surface area contributed by atoms with Crippen LogP contribution in [0.2, 0.25) is 0 Å². The molecule has 2 N–H and O–H groups in total. The van der Waals surface area contributed by atoms with Crippen molar-refractivity contribution in [3.8, 4) is 5.75 Å². The summed E-state index contributed by atoms with van der Waals surface area (Å²) >= 11 is 0. The summed E-state index contributed by atoms with van der Waals surface area (Å²) in [5.41, 5.74) is 0.229. The lowest BCUT2D eigenvalue weighted by Crippen LogP contribution is -2.47. The fraction of sp³-hybridized carbons (Fsp3) is 0.600. The molecule has 0 heterocycles. The van der Waals surface area contributed by atoms with E-state index in [1.165, 1.54) is 13.2 Å². The van der Waals surface area contributed by atoms with Crippen LogP contribution in [0.25, 0.3) is 0 Å². The summed E-state index contributed by atoms with van der Waals surface area (Å²) in [6, 6.07) is 4.64. The number of hydrogen-bond donors (Lipinski definition) is 2. The molecule has 2 rings (SSSR count). The second-order valence-corrected chi connectivity index (χ2v) is 7.52. The zero-order valence-corrected chi connectivity index (χ0v) is 13.4. The van der Waals surface area contributed by atoms with Gasteiger partial charge in [0.15, 0.2) is 0 Å². The summed E-state index contributed by atoms with van der Waals surface area (Å²) in [6.45, 7) is 1.81. The first-order valence-electron chi connectivity index (χ1n) is 7.22. The predicted octanol–water partition coefficient (Wildman–Crippen LogP) is 2.19. The third-order valence-corrected chi connectivity index (χ3v) is 5.72. The van der Waals surface area contributed by atoms with E-state index >= 15 is 0 Å². The maximum atomic E-state index is 12.6. The van der Waals surface area contributed by atoms with Crippen LogP contribution in [-0.2, 0) is 16.6 Å². The Labute approximate surface area is 126 Å². The van der Waals surface area contributed by atoms with E-state index in [4.69, 9.17) is 9.84 Å². The van der Waals surface area contributed by atoms with E-state index in [0.29, 0.717) is 5.56 Å². The molecule has 0 unspecified atom stereocenters. The van der Waals surface area contributed by atoms with Crippen molar-refractivity contribution in [1.29, 1.82) is 0 Å². The Balaban J connectivity index is 2.30. The second-order valence-electron chi connectivity index (χ2n) is 5.87. The number of nitrogens with one attached hydrogen (secondary N) is 1. The zero-order valence-electron chi connectivity index (χ0n) is 12.6. The molecule has 5 nitrogen and oxygen atoms in total. The van der Waals surface area contributed by atoms with Gasteiger partial charge >= 0.3 is 0 Å². The average molecular weight is 313 g/mol. The van der Waals surface area contributed by atoms with Crippen molar-refractivity contribution in [2.45, 2.75) is 56.1 Å². The number of methoxy groups -OCH3 is 1. The third kappa shape index (κ3) is 3.75. The Morgan fingerprint density at radius 3 is 2.52 bits per heavy atom. The first-order valence-corrected chi connectivity index (χ1v) is 8.70. The van der Waals surface area contributed by atoms with Crippen LogP contribution in [0.15, 0.2) is 23.1 Å². The summed E-state index contributed by atoms with van der Waals surface area (Å²) in [6.07, 6.45) is 4.94. The molecular formula is C15H23NO4S. The van der Waals surface area contributed by atoms with Gasteiger partial charge in [0.05, 0.1) is 13.7 Å². The summed E-state index contributed by atoms with van der Waals surface area (Å²) in [5, 5.41) is 9.13. The molecule has 0 atom stereocenters. The zero-order chi connectivity index (χ0) is 15.5. The monoisotopic (exact) mass is 313 g/mol. The minimum absolute atomic E-state index is 0.119. The largest absolute Gasteiger partial charge is 0.495 e. The van der Waals surface area contributed by atoms with Gasteiger partial charge in [0.2, 0.25) is 10.0 Å². The molecule has 0 bridgehead atoms. The summed E-state index contributed by atoms with van der Waals surface area (Å²) < 4.78 is 33.3. The van der Waals surface area contributed by atoms with E-state index < -0.39 is 15.6 Å². The minimum atomic E-state index is -3.64. The molecule has 0 aromatic heterocycles. The molecule has 0 aliphatic heterocycles. The van der Waals surface area contributed by atoms with Crippen LogP contribution >= 0.6 is 0 Å². The molecule has 1 aliphatic carbocycles. The maximum Gasteiger partial charge on any atom is 0.244 e. The first kappa shape index (κ1) is 16.3. The lowest BCUT2D eigenvalue weighted by atomic mass is 9.84. The highest BCUT2D eigenvalue weighted by atomic mass is 32.2. The smallest absolute Gasteiger partial charge is 0.244 e. The van der Waals surface area contributed by atoms with Gasteiger partial charge in [-0.25, -0.2) is 13.1 Å². The minimum Gasteiger partial charge on any atom is -0.495 e. The lowest BCUT2D eigenvalue weighted by molar-refractivity contribution is 0.280. The van der Waals surface area contributed by atoms with Crippen LogP contribution in [-0.4, -0.2) is 26.2 Å². The van der Waals surface area contributed by atoms with Gasteiger partial charge in [-0.1, -0.05) is 25.3 Å². The molecule has 6 heteroatoms. The normalized spacial score (nSPS) is 18.4. The summed E-state index contributed by atoms with van der Waals surface area (Å²) in [5.74, 6) is 0.258. The molecule has 118 valence electrons. The number of aliphatic hydroxyl groups excluding tert-OH is 1. The van der Waals surface area contributed by atoms with Crippen molar-refractivity contribution < 1.29 is 18.3 Å². The average Bonchev–Trinajstić information content (AvgIpc) is 2.46. The van der Waals surface area contributed by atoms with Gasteiger partial charge in [-0.2, -0.15) is 0 Å². The molecule has 1 fully saturated rings. The van der Waals surface area contributed by atoms with Crippen molar-refractivity contribution in [2.75, 3.05) is 7.11 Å². The Bertz CT molecular complexity index is 592. The molecular weight excluding hydrogens is 290 g/mol. The number of sulfonamides is 1. The Morgan fingerprint density at radius 2 is 1.95 bits per heavy atom. The van der Waals surface area contributed by atoms with Crippen molar-refractivity contribution in [3.05, 3.63) is 23.8 Å². The summed E-state index contributed by atoms with van der Waals surface area (Å²) in [7, 11) is -2.21. The van der Waals surface area contributed by atoms with Gasteiger partial charge in [-0.15, -0.1) is 0 Å². The van der Waals surface area contributed by atoms with Crippen molar-refractivity contribution in [1.82, 2.24) is 4.72 Å². The van der Waals surface area contributed by atoms with Crippen molar-refractivity contribution in [3.63, 3.8) is 0 Å². The van der Waals surface area contributed by atoms with E-state index in [0.717, 1.165) is 32.1 Å². The molecule has 1 aromatic rings. The standard InChI is InChI=1S/C15H23NO4S/c1-15(8-4-3-5-9-15)16-21(18,19)14-7-6-12(11-17)10-13(14)20-2/h6-7,10,16-17H,3-5,8-9,11H2,1-2H3. The predicted molar refractivity (Wildman–Crippen MR) is 80.7 cm³/mol. The second kappa shape index (κ2) is 6.34. The van der Waals surface area contributed by atoms with E-state index in [1.54, 1.807) is 12.1 Å². The number of hydrogen-bond acceptors (Lipinski definition) is 4. The van der Waals surface area contributed by atoms with Gasteiger partial charge in [0, 0.05) is 5.54 Å². The molecule has 0 amide bonds. The van der Waals surface area contributed by atoms with Crippen molar-refractivity contribution >= 4 is 10.0 Å². The number of aliphatic hydroxyl groups is 1. The van der Waals surface area contributed by atoms with E-state index in [1.807, 2.05) is 6.92 Å². The Hall–Kier alpha value is -1.11. The molecule has 1 saturated carbocycles. The highest BCUT2D eigenvalue weighted by molar-refractivity contribution is 7.89. The van der Waals surface area contributed by atoms with Crippen LogP contribution in [0, 0.1) is 0 Å². The highest BCUT2D eigenvalue weighted by Gasteiger charge is 2.33. The topological polar surface area (TPSA) is 75.6 Å². The van der Waals surface area contributed by atoms with Gasteiger partial charge in [-0.3, -0.25) is 0 Å². The van der Waals surface area contributed by atoms with Gasteiger partial charge in [0.25, 0.3) is 0 Å². The van der Waals surface area contributed by atoms with Crippen LogP contribution in [0.4, 0.5) is 0 Å². The fourth-order valence-electron chi connectivity index (χ4n) is 2.85.